The van der Waals surface area contributed by atoms with Crippen molar-refractivity contribution in [2.75, 3.05) is 9.43 Å². The Morgan fingerprint density at radius 1 is 1.08 bits per heavy atom. The van der Waals surface area contributed by atoms with Crippen LogP contribution in [0.5, 0.6) is 0 Å². The Morgan fingerprint density at radius 3 is 2.75 bits per heavy atom. The number of benzene rings is 2. The Bertz CT molecular complexity index is 826. The Balaban J connectivity index is 1.78. The molecule has 0 aliphatic carbocycles. The molecule has 4 rings (SSSR count). The van der Waals surface area contributed by atoms with Crippen molar-refractivity contribution >= 4 is 29.2 Å². The minimum absolute atomic E-state index is 0.905. The summed E-state index contributed by atoms with van der Waals surface area (Å²) in [6.07, 6.45) is 3.40. The summed E-state index contributed by atoms with van der Waals surface area (Å²) in [5, 5.41) is 3.50. The van der Waals surface area contributed by atoms with E-state index in [2.05, 4.69) is 68.8 Å². The van der Waals surface area contributed by atoms with Gasteiger partial charge in [-0.15, -0.1) is 0 Å². The fourth-order valence-electron chi connectivity index (χ4n) is 3.79. The number of hydrogen-bond acceptors (Lipinski definition) is 3. The molecule has 24 heavy (non-hydrogen) atoms. The summed E-state index contributed by atoms with van der Waals surface area (Å²) in [6.45, 7) is 8.81. The Morgan fingerprint density at radius 2 is 1.96 bits per heavy atom. The topological polar surface area (TPSA) is 27.3 Å². The summed E-state index contributed by atoms with van der Waals surface area (Å²) >= 11 is -0.905. The van der Waals surface area contributed by atoms with E-state index in [9.17, 15) is 0 Å². The first-order chi connectivity index (χ1) is 11.6. The molecule has 2 heterocycles. The number of rotatable bonds is 2. The van der Waals surface area contributed by atoms with Crippen LogP contribution in [0.25, 0.3) is 11.1 Å². The van der Waals surface area contributed by atoms with Crippen molar-refractivity contribution in [1.82, 2.24) is 8.62 Å². The molecule has 2 aliphatic rings. The first-order valence-electron chi connectivity index (χ1n) is 8.63. The Labute approximate surface area is 156 Å². The fraction of sp³-hybridized carbons (Fsp3) is 0.300. The first-order valence-corrected chi connectivity index (χ1v) is 11.8. The number of nitrogens with one attached hydrogen (secondary N) is 2. The fourth-order valence-corrected chi connectivity index (χ4v) is 6.71. The third-order valence-electron chi connectivity index (χ3n) is 5.13. The molecule has 0 aromatic heterocycles. The molecule has 0 spiro atoms. The standard InChI is InChI=1S/C20H23N3.In/c1-13-9-19(15(3)18-7-8-22-12-20(13)18)16-5-4-6-17(10-16)23-11-14(2)21;/h4-6,9-11,21-22H,7-8,12H2,1-3H3;/q-2;+2. The van der Waals surface area contributed by atoms with Gasteiger partial charge in [0.25, 0.3) is 0 Å². The van der Waals surface area contributed by atoms with E-state index < -0.39 is 23.5 Å². The van der Waals surface area contributed by atoms with Crippen LogP contribution >= 0.6 is 0 Å². The van der Waals surface area contributed by atoms with E-state index >= 15 is 0 Å². The van der Waals surface area contributed by atoms with Crippen LogP contribution in [0.1, 0.15) is 29.2 Å². The van der Waals surface area contributed by atoms with Gasteiger partial charge in [0.2, 0.25) is 0 Å². The van der Waals surface area contributed by atoms with Crippen molar-refractivity contribution in [3.8, 4) is 11.1 Å². The quantitative estimate of drug-likeness (QED) is 0.780. The van der Waals surface area contributed by atoms with Gasteiger partial charge in [-0.1, -0.05) is 0 Å². The minimum atomic E-state index is -0.905. The molecule has 4 heteroatoms. The monoisotopic (exact) mass is 420 g/mol. The Kier molecular flexibility index (Phi) is 4.35. The zero-order valence-corrected chi connectivity index (χ0v) is 17.9. The second-order valence-electron chi connectivity index (χ2n) is 6.79. The molecule has 0 saturated heterocycles. The van der Waals surface area contributed by atoms with Crippen molar-refractivity contribution in [3.05, 3.63) is 64.5 Å². The summed E-state index contributed by atoms with van der Waals surface area (Å²) in [5.41, 5.74) is 11.3. The number of allylic oxidation sites excluding steroid dienone is 1. The summed E-state index contributed by atoms with van der Waals surface area (Å²) in [6, 6.07) is 11.4. The molecule has 0 amide bonds. The number of nitrogens with zero attached hydrogens (tertiary/aromatic N) is 1. The Hall–Kier alpha value is -1.39. The normalized spacial score (nSPS) is 16.3. The van der Waals surface area contributed by atoms with Crippen LogP contribution in [-0.2, 0) is 13.0 Å². The molecule has 0 bridgehead atoms. The molecular weight excluding hydrogens is 397 g/mol. The molecule has 0 unspecified atom stereocenters. The van der Waals surface area contributed by atoms with Gasteiger partial charge in [0.15, 0.2) is 0 Å². The molecule has 3 nitrogen and oxygen atoms in total. The average molecular weight is 420 g/mol. The van der Waals surface area contributed by atoms with Crippen LogP contribution < -0.4 is 11.5 Å². The zero-order valence-electron chi connectivity index (χ0n) is 14.6. The van der Waals surface area contributed by atoms with Crippen LogP contribution in [-0.4, -0.2) is 30.0 Å². The van der Waals surface area contributed by atoms with Crippen molar-refractivity contribution in [2.45, 2.75) is 33.7 Å². The number of fused-ring (bicyclic) bond motifs is 1. The van der Waals surface area contributed by atoms with Gasteiger partial charge in [0.05, 0.1) is 0 Å². The molecule has 0 atom stereocenters. The second-order valence-corrected chi connectivity index (χ2v) is 9.94. The molecular formula is C20H23InN3. The van der Waals surface area contributed by atoms with Crippen LogP contribution in [0.3, 0.4) is 0 Å². The van der Waals surface area contributed by atoms with Crippen LogP contribution in [0.4, 0.5) is 5.69 Å². The molecule has 0 saturated carbocycles. The third kappa shape index (κ3) is 2.86. The summed E-state index contributed by atoms with van der Waals surface area (Å²) in [7, 11) is 0. The third-order valence-corrected chi connectivity index (χ3v) is 8.87. The zero-order chi connectivity index (χ0) is 16.7. The molecule has 2 N–H and O–H groups in total. The van der Waals surface area contributed by atoms with Crippen LogP contribution in [0, 0.1) is 13.8 Å². The van der Waals surface area contributed by atoms with Crippen LogP contribution in [0.15, 0.2) is 42.2 Å². The van der Waals surface area contributed by atoms with Crippen molar-refractivity contribution in [3.63, 3.8) is 0 Å². The van der Waals surface area contributed by atoms with Crippen molar-refractivity contribution < 1.29 is 0 Å². The van der Waals surface area contributed by atoms with Gasteiger partial charge in [-0.2, -0.15) is 0 Å². The van der Waals surface area contributed by atoms with Gasteiger partial charge in [-0.05, 0) is 0 Å². The molecule has 2 aliphatic heterocycles. The second kappa shape index (κ2) is 6.49. The van der Waals surface area contributed by atoms with Gasteiger partial charge >= 0.3 is 157 Å². The van der Waals surface area contributed by atoms with E-state index in [-0.39, 0.29) is 0 Å². The average Bonchev–Trinajstić information content (AvgIpc) is 3.05. The van der Waals surface area contributed by atoms with E-state index in [1.165, 1.54) is 39.2 Å². The van der Waals surface area contributed by atoms with E-state index in [0.29, 0.717) is 0 Å². The molecule has 1 radical (unpaired) electrons. The molecule has 121 valence electrons. The van der Waals surface area contributed by atoms with E-state index in [1.54, 1.807) is 5.56 Å². The van der Waals surface area contributed by atoms with Gasteiger partial charge in [0.1, 0.15) is 0 Å². The first kappa shape index (κ1) is 16.1. The van der Waals surface area contributed by atoms with Gasteiger partial charge in [-0.3, -0.25) is 0 Å². The van der Waals surface area contributed by atoms with Crippen molar-refractivity contribution in [2.24, 2.45) is 0 Å². The van der Waals surface area contributed by atoms with Gasteiger partial charge < -0.3 is 0 Å². The van der Waals surface area contributed by atoms with E-state index in [4.69, 9.17) is 0 Å². The predicted molar refractivity (Wildman–Crippen MR) is 102 cm³/mol. The SMILES string of the molecule is CC1=C[N](c2cccc(-c3cc(C)c4c(c3C)CCNC4)c2)[In][NH]1. The maximum atomic E-state index is 3.56. The molecule has 0 fully saturated rings. The summed E-state index contributed by atoms with van der Waals surface area (Å²) in [4.78, 5) is 0. The number of hydrogen-bond donors (Lipinski definition) is 2. The van der Waals surface area contributed by atoms with Gasteiger partial charge in [-0.25, -0.2) is 0 Å². The van der Waals surface area contributed by atoms with E-state index in [1.807, 2.05) is 0 Å². The van der Waals surface area contributed by atoms with Crippen molar-refractivity contribution in [1.29, 1.82) is 0 Å². The number of anilines is 1. The summed E-state index contributed by atoms with van der Waals surface area (Å²) < 4.78 is 6.02. The molecule has 2 aromatic rings. The maximum absolute atomic E-state index is 3.56. The van der Waals surface area contributed by atoms with Gasteiger partial charge in [0, 0.05) is 0 Å². The van der Waals surface area contributed by atoms with Crippen LogP contribution in [0.2, 0.25) is 0 Å². The molecule has 2 aromatic carbocycles. The summed E-state index contributed by atoms with van der Waals surface area (Å²) in [5.74, 6) is 0. The number of aryl methyl sites for hydroxylation is 1. The van der Waals surface area contributed by atoms with E-state index in [0.717, 1.165) is 19.5 Å². The predicted octanol–water partition coefficient (Wildman–Crippen LogP) is 3.42.